The van der Waals surface area contributed by atoms with E-state index < -0.39 is 11.7 Å². The fourth-order valence-corrected chi connectivity index (χ4v) is 4.24. The summed E-state index contributed by atoms with van der Waals surface area (Å²) in [7, 11) is 0. The van der Waals surface area contributed by atoms with Crippen LogP contribution in [-0.2, 0) is 11.2 Å². The average Bonchev–Trinajstić information content (AvgIpc) is 2.91. The Morgan fingerprint density at radius 1 is 0.919 bits per heavy atom. The molecule has 9 heteroatoms. The minimum absolute atomic E-state index is 0.00862. The molecule has 3 aromatic rings. The Labute approximate surface area is 214 Å². The molecule has 8 nitrogen and oxygen atoms in total. The number of nitrogens with one attached hydrogen (secondary N) is 2. The minimum atomic E-state index is -0.669. The third-order valence-corrected chi connectivity index (χ3v) is 6.21. The van der Waals surface area contributed by atoms with Gasteiger partial charge >= 0.3 is 0 Å². The number of phenolic OH excluding ortho intramolecular Hbond substituents is 1. The van der Waals surface area contributed by atoms with E-state index in [4.69, 9.17) is 0 Å². The number of carbonyl (C=O) groups excluding carboxylic acids is 3. The molecule has 2 heterocycles. The molecule has 1 aliphatic rings. The largest absolute Gasteiger partial charge is 0.507 e. The van der Waals surface area contributed by atoms with Crippen molar-refractivity contribution in [3.8, 4) is 16.9 Å². The molecule has 1 aromatic heterocycles. The number of benzene rings is 2. The molecule has 0 unspecified atom stereocenters. The van der Waals surface area contributed by atoms with Gasteiger partial charge in [0, 0.05) is 44.4 Å². The van der Waals surface area contributed by atoms with Gasteiger partial charge in [-0.25, -0.2) is 4.39 Å². The predicted octanol–water partition coefficient (Wildman–Crippen LogP) is 3.31. The summed E-state index contributed by atoms with van der Waals surface area (Å²) in [6, 6.07) is 14.3. The van der Waals surface area contributed by atoms with E-state index in [0.29, 0.717) is 55.7 Å². The Balaban J connectivity index is 1.56. The van der Waals surface area contributed by atoms with Crippen LogP contribution in [0.25, 0.3) is 11.1 Å². The number of hydrogen-bond donors (Lipinski definition) is 3. The van der Waals surface area contributed by atoms with Crippen LogP contribution in [0.2, 0.25) is 0 Å². The van der Waals surface area contributed by atoms with Crippen molar-refractivity contribution in [2.45, 2.75) is 25.7 Å². The first-order valence-corrected chi connectivity index (χ1v) is 12.3. The molecule has 2 aromatic carbocycles. The monoisotopic (exact) mass is 504 g/mol. The molecular weight excluding hydrogens is 475 g/mol. The lowest BCUT2D eigenvalue weighted by Gasteiger charge is -2.22. The molecule has 0 saturated carbocycles. The minimum Gasteiger partial charge on any atom is -0.507 e. The number of aromatic nitrogens is 1. The number of halogens is 1. The van der Waals surface area contributed by atoms with Gasteiger partial charge in [-0.05, 0) is 66.8 Å². The molecule has 0 aliphatic carbocycles. The Morgan fingerprint density at radius 2 is 1.76 bits per heavy atom. The topological polar surface area (TPSA) is 112 Å². The highest BCUT2D eigenvalue weighted by molar-refractivity contribution is 5.96. The molecule has 3 amide bonds. The van der Waals surface area contributed by atoms with E-state index in [1.165, 1.54) is 18.2 Å². The number of nitrogens with zero attached hydrogens (tertiary/aromatic N) is 2. The summed E-state index contributed by atoms with van der Waals surface area (Å²) >= 11 is 0. The Hall–Kier alpha value is -4.27. The quantitative estimate of drug-likeness (QED) is 0.471. The molecule has 0 atom stereocenters. The predicted molar refractivity (Wildman–Crippen MR) is 137 cm³/mol. The average molecular weight is 505 g/mol. The van der Waals surface area contributed by atoms with Gasteiger partial charge in [0.2, 0.25) is 5.91 Å². The lowest BCUT2D eigenvalue weighted by molar-refractivity contribution is -0.121. The fourth-order valence-electron chi connectivity index (χ4n) is 4.24. The zero-order valence-corrected chi connectivity index (χ0v) is 20.4. The first-order chi connectivity index (χ1) is 17.9. The second-order valence-electron chi connectivity index (χ2n) is 8.87. The number of amides is 3. The van der Waals surface area contributed by atoms with Crippen molar-refractivity contribution >= 4 is 17.7 Å². The molecule has 0 spiro atoms. The fraction of sp³-hybridized carbons (Fsp3) is 0.286. The smallest absolute Gasteiger partial charge is 0.272 e. The summed E-state index contributed by atoms with van der Waals surface area (Å²) in [6.45, 7) is 1.31. The van der Waals surface area contributed by atoms with Crippen LogP contribution in [0.5, 0.6) is 5.75 Å². The Kier molecular flexibility index (Phi) is 8.45. The highest BCUT2D eigenvalue weighted by Crippen LogP contribution is 2.31. The number of rotatable bonds is 1. The van der Waals surface area contributed by atoms with E-state index >= 15 is 0 Å². The Bertz CT molecular complexity index is 1280. The Morgan fingerprint density at radius 3 is 2.57 bits per heavy atom. The number of fused-ring (bicyclic) bond motifs is 5. The van der Waals surface area contributed by atoms with Gasteiger partial charge in [0.1, 0.15) is 17.3 Å². The van der Waals surface area contributed by atoms with Crippen molar-refractivity contribution < 1.29 is 23.9 Å². The van der Waals surface area contributed by atoms with Crippen LogP contribution in [-0.4, -0.2) is 58.9 Å². The maximum Gasteiger partial charge on any atom is 0.272 e. The van der Waals surface area contributed by atoms with Gasteiger partial charge in [-0.15, -0.1) is 0 Å². The van der Waals surface area contributed by atoms with Crippen LogP contribution in [0.3, 0.4) is 0 Å². The lowest BCUT2D eigenvalue weighted by Crippen LogP contribution is -2.36. The lowest BCUT2D eigenvalue weighted by atomic mass is 9.98. The van der Waals surface area contributed by atoms with Crippen LogP contribution in [0.1, 0.15) is 45.7 Å². The van der Waals surface area contributed by atoms with E-state index in [1.807, 2.05) is 0 Å². The molecule has 37 heavy (non-hydrogen) atoms. The third-order valence-electron chi connectivity index (χ3n) is 6.21. The maximum atomic E-state index is 14.5. The summed E-state index contributed by atoms with van der Waals surface area (Å²) in [5, 5.41) is 16.0. The van der Waals surface area contributed by atoms with E-state index in [0.717, 1.165) is 5.56 Å². The van der Waals surface area contributed by atoms with Crippen LogP contribution < -0.4 is 10.6 Å². The van der Waals surface area contributed by atoms with Crippen molar-refractivity contribution in [1.82, 2.24) is 20.5 Å². The molecule has 192 valence electrons. The number of aromatic hydroxyl groups is 1. The first-order valence-electron chi connectivity index (χ1n) is 12.3. The molecule has 1 aliphatic heterocycles. The van der Waals surface area contributed by atoms with Crippen LogP contribution in [0.15, 0.2) is 60.8 Å². The first kappa shape index (κ1) is 25.8. The zero-order valence-electron chi connectivity index (χ0n) is 20.4. The number of carbonyl (C=O) groups is 3. The molecule has 4 rings (SSSR count). The van der Waals surface area contributed by atoms with Gasteiger partial charge in [0.05, 0.1) is 5.56 Å². The molecule has 0 fully saturated rings. The zero-order chi connectivity index (χ0) is 26.2. The number of phenols is 1. The van der Waals surface area contributed by atoms with Gasteiger partial charge in [0.15, 0.2) is 0 Å². The van der Waals surface area contributed by atoms with E-state index in [-0.39, 0.29) is 36.1 Å². The number of hydrogen-bond acceptors (Lipinski definition) is 5. The molecule has 3 N–H and O–H groups in total. The number of pyridine rings is 1. The summed E-state index contributed by atoms with van der Waals surface area (Å²) in [6.07, 6.45) is 3.23. The van der Waals surface area contributed by atoms with Gasteiger partial charge in [-0.1, -0.05) is 18.2 Å². The van der Waals surface area contributed by atoms with E-state index in [1.54, 1.807) is 47.5 Å². The van der Waals surface area contributed by atoms with E-state index in [9.17, 15) is 23.9 Å². The van der Waals surface area contributed by atoms with Crippen LogP contribution in [0.4, 0.5) is 4.39 Å². The molecular formula is C28H29FN4O4. The van der Waals surface area contributed by atoms with E-state index in [2.05, 4.69) is 15.6 Å². The standard InChI is InChI=1S/C28H29FN4O4/c29-23-9-8-20-18-22(23)27(36)32-13-4-16-33(28(37)24-5-1-2-12-30-24)15-3-6-26(35)31-14-11-19-7-10-25(34)21(20)17-19/h1-2,5,7-10,12,17-18,34H,3-4,6,11,13-16H2,(H,31,35)(H,32,36). The summed E-state index contributed by atoms with van der Waals surface area (Å²) < 4.78 is 14.5. The van der Waals surface area contributed by atoms with Crippen LogP contribution >= 0.6 is 0 Å². The van der Waals surface area contributed by atoms with Crippen molar-refractivity contribution in [3.63, 3.8) is 0 Å². The maximum absolute atomic E-state index is 14.5. The van der Waals surface area contributed by atoms with Gasteiger partial charge in [-0.2, -0.15) is 0 Å². The van der Waals surface area contributed by atoms with Crippen molar-refractivity contribution in [1.29, 1.82) is 0 Å². The van der Waals surface area contributed by atoms with Gasteiger partial charge in [0.25, 0.3) is 11.8 Å². The summed E-state index contributed by atoms with van der Waals surface area (Å²) in [4.78, 5) is 43.9. The van der Waals surface area contributed by atoms with Crippen LogP contribution in [0, 0.1) is 5.82 Å². The normalized spacial score (nSPS) is 15.5. The highest BCUT2D eigenvalue weighted by Gasteiger charge is 2.18. The molecule has 0 radical (unpaired) electrons. The summed E-state index contributed by atoms with van der Waals surface area (Å²) in [5.41, 5.74) is 2.01. The summed E-state index contributed by atoms with van der Waals surface area (Å²) in [5.74, 6) is -1.61. The molecule has 4 bridgehead atoms. The van der Waals surface area contributed by atoms with Gasteiger partial charge < -0.3 is 20.6 Å². The SMILES string of the molecule is O=C1CCCN(C(=O)c2ccccn2)CCCNC(=O)c2cc(ccc2F)-c2cc(ccc2O)CCN1. The highest BCUT2D eigenvalue weighted by atomic mass is 19.1. The van der Waals surface area contributed by atoms with Gasteiger partial charge in [-0.3, -0.25) is 19.4 Å². The van der Waals surface area contributed by atoms with Crippen molar-refractivity contribution in [2.24, 2.45) is 0 Å². The third kappa shape index (κ3) is 6.69. The second kappa shape index (κ2) is 12.1. The second-order valence-corrected chi connectivity index (χ2v) is 8.87. The van der Waals surface area contributed by atoms with Crippen molar-refractivity contribution in [2.75, 3.05) is 26.2 Å². The van der Waals surface area contributed by atoms with Crippen molar-refractivity contribution in [3.05, 3.63) is 83.4 Å². The molecule has 0 saturated heterocycles.